The van der Waals surface area contributed by atoms with Gasteiger partial charge >= 0.3 is 6.18 Å². The molecule has 0 spiro atoms. The number of rotatable bonds is 3. The first kappa shape index (κ1) is 17.9. The van der Waals surface area contributed by atoms with E-state index in [0.29, 0.717) is 16.8 Å². The van der Waals surface area contributed by atoms with E-state index >= 15 is 0 Å². The number of aromatic amines is 1. The van der Waals surface area contributed by atoms with Gasteiger partial charge < -0.3 is 10.3 Å². The minimum atomic E-state index is -4.53. The molecule has 0 bridgehead atoms. The fraction of sp³-hybridized carbons (Fsp3) is 0.0455. The van der Waals surface area contributed by atoms with Crippen LogP contribution in [0.4, 0.5) is 18.9 Å². The molecule has 3 aromatic carbocycles. The number of hydrogen-bond acceptors (Lipinski definition) is 1. The summed E-state index contributed by atoms with van der Waals surface area (Å²) in [4.78, 5) is 15.9. The van der Waals surface area contributed by atoms with E-state index < -0.39 is 17.6 Å². The van der Waals surface area contributed by atoms with E-state index in [1.54, 1.807) is 54.7 Å². The zero-order valence-corrected chi connectivity index (χ0v) is 14.5. The fourth-order valence-electron chi connectivity index (χ4n) is 3.11. The molecule has 140 valence electrons. The summed E-state index contributed by atoms with van der Waals surface area (Å²) in [5.74, 6) is -0.597. The molecular weight excluding hydrogens is 365 g/mol. The minimum Gasteiger partial charge on any atom is -0.361 e. The molecule has 0 saturated heterocycles. The average Bonchev–Trinajstić information content (AvgIpc) is 3.15. The summed E-state index contributed by atoms with van der Waals surface area (Å²) in [5, 5.41) is 3.60. The monoisotopic (exact) mass is 380 g/mol. The van der Waals surface area contributed by atoms with Gasteiger partial charge in [-0.1, -0.05) is 36.4 Å². The van der Waals surface area contributed by atoms with E-state index in [1.807, 2.05) is 6.07 Å². The number of hydrogen-bond donors (Lipinski definition) is 2. The molecule has 4 aromatic rings. The molecule has 0 radical (unpaired) electrons. The molecule has 0 fully saturated rings. The lowest BCUT2D eigenvalue weighted by Gasteiger charge is -2.14. The van der Waals surface area contributed by atoms with Gasteiger partial charge in [0.2, 0.25) is 0 Å². The molecule has 0 aliphatic rings. The molecule has 6 heteroatoms. The Kier molecular flexibility index (Phi) is 4.39. The Morgan fingerprint density at radius 3 is 2.43 bits per heavy atom. The third kappa shape index (κ3) is 3.49. The van der Waals surface area contributed by atoms with Gasteiger partial charge in [-0.15, -0.1) is 0 Å². The second-order valence-corrected chi connectivity index (χ2v) is 6.36. The van der Waals surface area contributed by atoms with Crippen LogP contribution in [0.15, 0.2) is 79.0 Å². The maximum Gasteiger partial charge on any atom is 0.416 e. The standard InChI is InChI=1S/C22H15F3N2O/c23-22(24,25)16-6-8-18(14-4-2-1-3-5-14)19(13-16)21(28)27-17-7-9-20-15(12-17)10-11-26-20/h1-13,26H,(H,27,28). The molecule has 2 N–H and O–H groups in total. The van der Waals surface area contributed by atoms with Crippen molar-refractivity contribution in [2.75, 3.05) is 5.32 Å². The van der Waals surface area contributed by atoms with Crippen LogP contribution in [0.25, 0.3) is 22.0 Å². The van der Waals surface area contributed by atoms with Crippen LogP contribution in [-0.4, -0.2) is 10.9 Å². The molecule has 3 nitrogen and oxygen atoms in total. The maximum absolute atomic E-state index is 13.2. The van der Waals surface area contributed by atoms with Crippen molar-refractivity contribution in [2.24, 2.45) is 0 Å². The van der Waals surface area contributed by atoms with Crippen LogP contribution < -0.4 is 5.32 Å². The van der Waals surface area contributed by atoms with E-state index in [1.165, 1.54) is 6.07 Å². The lowest BCUT2D eigenvalue weighted by atomic mass is 9.96. The first-order valence-corrected chi connectivity index (χ1v) is 8.57. The maximum atomic E-state index is 13.2. The first-order valence-electron chi connectivity index (χ1n) is 8.57. The van der Waals surface area contributed by atoms with E-state index in [4.69, 9.17) is 0 Å². The lowest BCUT2D eigenvalue weighted by Crippen LogP contribution is -2.15. The molecule has 0 saturated carbocycles. The zero-order valence-electron chi connectivity index (χ0n) is 14.5. The van der Waals surface area contributed by atoms with Gasteiger partial charge in [0.25, 0.3) is 5.91 Å². The predicted molar refractivity (Wildman–Crippen MR) is 103 cm³/mol. The van der Waals surface area contributed by atoms with Crippen LogP contribution in [0.5, 0.6) is 0 Å². The summed E-state index contributed by atoms with van der Waals surface area (Å²) in [6.07, 6.45) is -2.76. The van der Waals surface area contributed by atoms with E-state index in [0.717, 1.165) is 23.0 Å². The van der Waals surface area contributed by atoms with Gasteiger partial charge in [-0.25, -0.2) is 0 Å². The number of nitrogens with one attached hydrogen (secondary N) is 2. The molecule has 1 amide bonds. The van der Waals surface area contributed by atoms with E-state index in [9.17, 15) is 18.0 Å². The number of aromatic nitrogens is 1. The molecule has 4 rings (SSSR count). The molecular formula is C22H15F3N2O. The molecule has 0 atom stereocenters. The van der Waals surface area contributed by atoms with Gasteiger partial charge in [0.15, 0.2) is 0 Å². The van der Waals surface area contributed by atoms with Crippen molar-refractivity contribution in [1.29, 1.82) is 0 Å². The van der Waals surface area contributed by atoms with Gasteiger partial charge in [-0.2, -0.15) is 13.2 Å². The normalized spacial score (nSPS) is 11.5. The van der Waals surface area contributed by atoms with E-state index in [2.05, 4.69) is 10.3 Å². The highest BCUT2D eigenvalue weighted by Crippen LogP contribution is 2.34. The summed E-state index contributed by atoms with van der Waals surface area (Å²) in [7, 11) is 0. The number of H-pyrrole nitrogens is 1. The van der Waals surface area contributed by atoms with Crippen molar-refractivity contribution in [3.05, 3.63) is 90.1 Å². The second-order valence-electron chi connectivity index (χ2n) is 6.36. The molecule has 0 unspecified atom stereocenters. The number of alkyl halides is 3. The third-order valence-corrected chi connectivity index (χ3v) is 4.49. The van der Waals surface area contributed by atoms with E-state index in [-0.39, 0.29) is 5.56 Å². The highest BCUT2D eigenvalue weighted by Gasteiger charge is 2.32. The number of halogens is 3. The zero-order chi connectivity index (χ0) is 19.7. The Balaban J connectivity index is 1.75. The van der Waals surface area contributed by atoms with Crippen molar-refractivity contribution in [3.8, 4) is 11.1 Å². The molecule has 0 aliphatic carbocycles. The SMILES string of the molecule is O=C(Nc1ccc2[nH]ccc2c1)c1cc(C(F)(F)F)ccc1-c1ccccc1. The number of carbonyl (C=O) groups is 1. The summed E-state index contributed by atoms with van der Waals surface area (Å²) < 4.78 is 39.6. The largest absolute Gasteiger partial charge is 0.416 e. The van der Waals surface area contributed by atoms with Gasteiger partial charge in [0.1, 0.15) is 0 Å². The van der Waals surface area contributed by atoms with Crippen LogP contribution >= 0.6 is 0 Å². The van der Waals surface area contributed by atoms with Crippen molar-refractivity contribution in [3.63, 3.8) is 0 Å². The highest BCUT2D eigenvalue weighted by molar-refractivity contribution is 6.09. The second kappa shape index (κ2) is 6.88. The highest BCUT2D eigenvalue weighted by atomic mass is 19.4. The smallest absolute Gasteiger partial charge is 0.361 e. The Morgan fingerprint density at radius 1 is 0.893 bits per heavy atom. The molecule has 0 aliphatic heterocycles. The first-order chi connectivity index (χ1) is 13.4. The van der Waals surface area contributed by atoms with Gasteiger partial charge in [-0.05, 0) is 47.5 Å². The minimum absolute atomic E-state index is 0.0322. The Hall–Kier alpha value is -3.54. The van der Waals surface area contributed by atoms with Gasteiger partial charge in [0.05, 0.1) is 5.56 Å². The quantitative estimate of drug-likeness (QED) is 0.443. The topological polar surface area (TPSA) is 44.9 Å². The predicted octanol–water partition coefficient (Wildman–Crippen LogP) is 6.11. The van der Waals surface area contributed by atoms with Crippen LogP contribution in [0.3, 0.4) is 0 Å². The Morgan fingerprint density at radius 2 is 1.68 bits per heavy atom. The number of fused-ring (bicyclic) bond motifs is 1. The van der Waals surface area contributed by atoms with Crippen molar-refractivity contribution >= 4 is 22.5 Å². The van der Waals surface area contributed by atoms with Crippen molar-refractivity contribution < 1.29 is 18.0 Å². The summed E-state index contributed by atoms with van der Waals surface area (Å²) in [5.41, 5.74) is 1.63. The molecule has 1 heterocycles. The summed E-state index contributed by atoms with van der Waals surface area (Å²) >= 11 is 0. The van der Waals surface area contributed by atoms with Crippen LogP contribution in [0, 0.1) is 0 Å². The molecule has 28 heavy (non-hydrogen) atoms. The Labute approximate surface area is 158 Å². The summed E-state index contributed by atoms with van der Waals surface area (Å²) in [6.45, 7) is 0. The van der Waals surface area contributed by atoms with Crippen LogP contribution in [0.1, 0.15) is 15.9 Å². The Bertz CT molecular complexity index is 1150. The van der Waals surface area contributed by atoms with Gasteiger partial charge in [0, 0.05) is 28.4 Å². The van der Waals surface area contributed by atoms with Crippen LogP contribution in [-0.2, 0) is 6.18 Å². The lowest BCUT2D eigenvalue weighted by molar-refractivity contribution is -0.137. The summed E-state index contributed by atoms with van der Waals surface area (Å²) in [6, 6.07) is 19.2. The fourth-order valence-corrected chi connectivity index (χ4v) is 3.11. The van der Waals surface area contributed by atoms with Gasteiger partial charge in [-0.3, -0.25) is 4.79 Å². The number of carbonyl (C=O) groups excluding carboxylic acids is 1. The number of anilines is 1. The van der Waals surface area contributed by atoms with Crippen LogP contribution in [0.2, 0.25) is 0 Å². The average molecular weight is 380 g/mol. The number of benzene rings is 3. The van der Waals surface area contributed by atoms with Crippen molar-refractivity contribution in [2.45, 2.75) is 6.18 Å². The number of amides is 1. The molecule has 1 aromatic heterocycles. The third-order valence-electron chi connectivity index (χ3n) is 4.49. The van der Waals surface area contributed by atoms with Crippen molar-refractivity contribution in [1.82, 2.24) is 4.98 Å².